The molecule has 0 aliphatic carbocycles. The van der Waals surface area contributed by atoms with Crippen LogP contribution in [-0.2, 0) is 0 Å². The van der Waals surface area contributed by atoms with Gasteiger partial charge in [0.2, 0.25) is 10.5 Å². The van der Waals surface area contributed by atoms with E-state index in [1.807, 2.05) is 0 Å². The molecule has 2 nitrogen and oxygen atoms in total. The van der Waals surface area contributed by atoms with Crippen molar-refractivity contribution in [2.75, 3.05) is 0 Å². The zero-order valence-corrected chi connectivity index (χ0v) is 6.05. The minimum Gasteiger partial charge on any atom is -0.551 e. The largest absolute Gasteiger partial charge is 0.551 e. The third-order valence-corrected chi connectivity index (χ3v) is 1.20. The Labute approximate surface area is 44.6 Å². The lowest BCUT2D eigenvalue weighted by atomic mass is 10.6. The van der Waals surface area contributed by atoms with Crippen LogP contribution in [0.3, 0.4) is 0 Å². The van der Waals surface area contributed by atoms with Gasteiger partial charge < -0.3 is 8.84 Å². The topological polar surface area (TPSA) is 22.4 Å². The summed E-state index contributed by atoms with van der Waals surface area (Å²) in [5.74, 6) is 0.826. The normalized spacial score (nSPS) is 9.14. The molecule has 0 radical (unpaired) electrons. The zero-order valence-electron chi connectivity index (χ0n) is 4.05. The van der Waals surface area contributed by atoms with E-state index in [2.05, 4.69) is 0 Å². The fourth-order valence-electron chi connectivity index (χ4n) is 0.368. The van der Waals surface area contributed by atoms with Crippen molar-refractivity contribution in [3.63, 3.8) is 0 Å². The van der Waals surface area contributed by atoms with Gasteiger partial charge in [0.25, 0.3) is 0 Å². The van der Waals surface area contributed by atoms with Gasteiger partial charge in [0.05, 0.1) is 6.26 Å². The summed E-state index contributed by atoms with van der Waals surface area (Å²) in [6.45, 7) is 0. The summed E-state index contributed by atoms with van der Waals surface area (Å²) in [5, 5.41) is 0. The van der Waals surface area contributed by atoms with Crippen molar-refractivity contribution >= 4 is 10.5 Å². The smallest absolute Gasteiger partial charge is 0.204 e. The van der Waals surface area contributed by atoms with Gasteiger partial charge in [-0.05, 0) is 0 Å². The molecule has 0 aromatic carbocycles. The van der Waals surface area contributed by atoms with Crippen LogP contribution in [0.1, 0.15) is 0 Å². The van der Waals surface area contributed by atoms with Crippen molar-refractivity contribution in [1.82, 2.24) is 0 Å². The molecular weight excluding hydrogens is 108 g/mol. The van der Waals surface area contributed by atoms with E-state index in [1.165, 1.54) is 0 Å². The number of furan rings is 1. The SMILES string of the molecule is [SiH3]Oc1ccoc1. The Bertz CT molecular complexity index is 124. The number of rotatable bonds is 1. The monoisotopic (exact) mass is 114 g/mol. The minimum atomic E-state index is 0.732. The van der Waals surface area contributed by atoms with E-state index in [0.29, 0.717) is 0 Å². The predicted molar refractivity (Wildman–Crippen MR) is 29.3 cm³/mol. The molecule has 0 bridgehead atoms. The molecule has 38 valence electrons. The second kappa shape index (κ2) is 1.84. The van der Waals surface area contributed by atoms with Gasteiger partial charge in [0.1, 0.15) is 12.0 Å². The minimum absolute atomic E-state index is 0.732. The van der Waals surface area contributed by atoms with Crippen LogP contribution >= 0.6 is 0 Å². The van der Waals surface area contributed by atoms with Crippen molar-refractivity contribution in [2.24, 2.45) is 0 Å². The standard InChI is InChI=1S/C4H6O2Si/c7-6-4-1-2-5-3-4/h1-3H,7H3. The molecule has 1 rings (SSSR count). The Morgan fingerprint density at radius 1 is 1.71 bits per heavy atom. The summed E-state index contributed by atoms with van der Waals surface area (Å²) in [7, 11) is 0.732. The highest BCUT2D eigenvalue weighted by Gasteiger charge is 1.83. The first-order valence-corrected chi connectivity index (χ1v) is 2.81. The second-order valence-electron chi connectivity index (χ2n) is 1.16. The fraction of sp³-hybridized carbons (Fsp3) is 0. The van der Waals surface area contributed by atoms with E-state index in [9.17, 15) is 0 Å². The Morgan fingerprint density at radius 2 is 2.57 bits per heavy atom. The van der Waals surface area contributed by atoms with Gasteiger partial charge in [-0.2, -0.15) is 0 Å². The van der Waals surface area contributed by atoms with Crippen LogP contribution in [-0.4, -0.2) is 10.5 Å². The third kappa shape index (κ3) is 0.836. The molecule has 1 aromatic rings. The summed E-state index contributed by atoms with van der Waals surface area (Å²) in [6, 6.07) is 1.78. The van der Waals surface area contributed by atoms with Crippen molar-refractivity contribution in [3.8, 4) is 5.75 Å². The van der Waals surface area contributed by atoms with E-state index in [4.69, 9.17) is 8.84 Å². The highest BCUT2D eigenvalue weighted by Crippen LogP contribution is 2.06. The van der Waals surface area contributed by atoms with Crippen LogP contribution in [0.4, 0.5) is 0 Å². The molecule has 0 saturated carbocycles. The van der Waals surface area contributed by atoms with Crippen LogP contribution in [0, 0.1) is 0 Å². The zero-order chi connectivity index (χ0) is 5.11. The molecule has 0 unspecified atom stereocenters. The van der Waals surface area contributed by atoms with Crippen molar-refractivity contribution < 1.29 is 8.84 Å². The molecule has 3 heteroatoms. The first kappa shape index (κ1) is 4.46. The van der Waals surface area contributed by atoms with Crippen LogP contribution in [0.25, 0.3) is 0 Å². The summed E-state index contributed by atoms with van der Waals surface area (Å²) < 4.78 is 9.60. The lowest BCUT2D eigenvalue weighted by Crippen LogP contribution is -1.78. The molecule has 0 amide bonds. The molecule has 1 aromatic heterocycles. The fourth-order valence-corrected chi connectivity index (χ4v) is 0.600. The molecular formula is C4H6O2Si. The summed E-state index contributed by atoms with van der Waals surface area (Å²) in [5.41, 5.74) is 0. The molecule has 1 heterocycles. The number of hydrogen-bond acceptors (Lipinski definition) is 2. The lowest BCUT2D eigenvalue weighted by molar-refractivity contribution is 0.540. The van der Waals surface area contributed by atoms with Gasteiger partial charge in [-0.1, -0.05) is 0 Å². The lowest BCUT2D eigenvalue weighted by Gasteiger charge is -1.86. The highest BCUT2D eigenvalue weighted by molar-refractivity contribution is 5.99. The molecule has 0 N–H and O–H groups in total. The maximum Gasteiger partial charge on any atom is 0.204 e. The van der Waals surface area contributed by atoms with Gasteiger partial charge >= 0.3 is 0 Å². The van der Waals surface area contributed by atoms with Gasteiger partial charge in [-0.25, -0.2) is 0 Å². The Hall–Kier alpha value is -0.703. The molecule has 0 aliphatic heterocycles. The highest BCUT2D eigenvalue weighted by atomic mass is 28.2. The quantitative estimate of drug-likeness (QED) is 0.477. The van der Waals surface area contributed by atoms with Crippen LogP contribution in [0.15, 0.2) is 23.0 Å². The van der Waals surface area contributed by atoms with Gasteiger partial charge in [0.15, 0.2) is 0 Å². The van der Waals surface area contributed by atoms with Gasteiger partial charge in [-0.15, -0.1) is 0 Å². The maximum atomic E-state index is 4.90. The summed E-state index contributed by atoms with van der Waals surface area (Å²) >= 11 is 0. The second-order valence-corrected chi connectivity index (χ2v) is 1.57. The average Bonchev–Trinajstić information content (AvgIpc) is 2.14. The van der Waals surface area contributed by atoms with E-state index >= 15 is 0 Å². The van der Waals surface area contributed by atoms with Gasteiger partial charge in [-0.3, -0.25) is 0 Å². The van der Waals surface area contributed by atoms with Crippen LogP contribution in [0.5, 0.6) is 5.75 Å². The third-order valence-electron chi connectivity index (χ3n) is 0.731. The Balaban J connectivity index is 2.76. The molecule has 0 fully saturated rings. The van der Waals surface area contributed by atoms with E-state index in [-0.39, 0.29) is 0 Å². The summed E-state index contributed by atoms with van der Waals surface area (Å²) in [6.07, 6.45) is 3.17. The molecule has 0 atom stereocenters. The van der Waals surface area contributed by atoms with E-state index < -0.39 is 0 Å². The van der Waals surface area contributed by atoms with Crippen molar-refractivity contribution in [3.05, 3.63) is 18.6 Å². The molecule has 0 aliphatic rings. The maximum absolute atomic E-state index is 4.90. The van der Waals surface area contributed by atoms with E-state index in [0.717, 1.165) is 16.2 Å². The Morgan fingerprint density at radius 3 is 2.86 bits per heavy atom. The summed E-state index contributed by atoms with van der Waals surface area (Å²) in [4.78, 5) is 0. The van der Waals surface area contributed by atoms with Crippen molar-refractivity contribution in [2.45, 2.75) is 0 Å². The van der Waals surface area contributed by atoms with Crippen LogP contribution < -0.4 is 4.43 Å². The molecule has 7 heavy (non-hydrogen) atoms. The first-order valence-electron chi connectivity index (χ1n) is 1.99. The Kier molecular flexibility index (Phi) is 1.17. The average molecular weight is 114 g/mol. The van der Waals surface area contributed by atoms with Crippen molar-refractivity contribution in [1.29, 1.82) is 0 Å². The van der Waals surface area contributed by atoms with E-state index in [1.54, 1.807) is 18.6 Å². The predicted octanol–water partition coefficient (Wildman–Crippen LogP) is -0.0612. The van der Waals surface area contributed by atoms with Crippen LogP contribution in [0.2, 0.25) is 0 Å². The number of hydrogen-bond donors (Lipinski definition) is 0. The molecule has 0 saturated heterocycles. The van der Waals surface area contributed by atoms with Gasteiger partial charge in [0, 0.05) is 6.07 Å². The first-order chi connectivity index (χ1) is 3.43. The molecule has 0 spiro atoms.